The summed E-state index contributed by atoms with van der Waals surface area (Å²) >= 11 is 0. The molecule has 144 valence electrons. The predicted octanol–water partition coefficient (Wildman–Crippen LogP) is 4.14. The van der Waals surface area contributed by atoms with Crippen LogP contribution in [0.5, 0.6) is 0 Å². The maximum atomic E-state index is 6.07. The molecule has 7 heteroatoms. The number of aromatic nitrogens is 5. The van der Waals surface area contributed by atoms with Crippen molar-refractivity contribution in [3.05, 3.63) is 54.5 Å². The van der Waals surface area contributed by atoms with Crippen molar-refractivity contribution in [2.24, 2.45) is 5.41 Å². The fourth-order valence-corrected chi connectivity index (χ4v) is 2.82. The summed E-state index contributed by atoms with van der Waals surface area (Å²) in [6.07, 6.45) is 5.09. The standard InChI is InChI=1S/C22H21N7/c1-22(2,3)7-5-15-11-16(12-17-19(15)28-29-20(17)23)14-6-10-24-18(13-14)27-21-25-8-4-9-26-21/h4,6,8-13H,1-3H3,(H3,23,28,29)(H,24,25,26,27). The Balaban J connectivity index is 1.78. The van der Waals surface area contributed by atoms with Gasteiger partial charge in [-0.2, -0.15) is 5.10 Å². The first-order valence-electron chi connectivity index (χ1n) is 9.20. The first-order valence-corrected chi connectivity index (χ1v) is 9.20. The molecule has 0 bridgehead atoms. The molecule has 0 aliphatic rings. The molecule has 0 atom stereocenters. The third-order valence-electron chi connectivity index (χ3n) is 4.17. The van der Waals surface area contributed by atoms with Crippen LogP contribution in [0.15, 0.2) is 48.9 Å². The number of fused-ring (bicyclic) bond motifs is 1. The summed E-state index contributed by atoms with van der Waals surface area (Å²) in [6, 6.07) is 9.69. The van der Waals surface area contributed by atoms with Crippen molar-refractivity contribution in [1.82, 2.24) is 25.1 Å². The second kappa shape index (κ2) is 7.24. The van der Waals surface area contributed by atoms with E-state index < -0.39 is 0 Å². The van der Waals surface area contributed by atoms with Gasteiger partial charge in [0.15, 0.2) is 5.82 Å². The van der Waals surface area contributed by atoms with E-state index in [1.165, 1.54) is 0 Å². The van der Waals surface area contributed by atoms with Crippen molar-refractivity contribution in [2.75, 3.05) is 11.1 Å². The van der Waals surface area contributed by atoms with Crippen molar-refractivity contribution in [3.63, 3.8) is 0 Å². The molecule has 0 fully saturated rings. The molecule has 7 nitrogen and oxygen atoms in total. The van der Waals surface area contributed by atoms with Crippen LogP contribution in [0.1, 0.15) is 26.3 Å². The Bertz CT molecular complexity index is 1220. The molecule has 0 spiro atoms. The molecule has 0 saturated carbocycles. The summed E-state index contributed by atoms with van der Waals surface area (Å²) in [6.45, 7) is 6.23. The number of hydrogen-bond acceptors (Lipinski definition) is 6. The summed E-state index contributed by atoms with van der Waals surface area (Å²) in [4.78, 5) is 12.7. The van der Waals surface area contributed by atoms with Crippen molar-refractivity contribution in [3.8, 4) is 23.0 Å². The number of nitrogen functional groups attached to an aromatic ring is 1. The Kier molecular flexibility index (Phi) is 4.61. The van der Waals surface area contributed by atoms with Crippen molar-refractivity contribution in [1.29, 1.82) is 0 Å². The number of nitrogens with one attached hydrogen (secondary N) is 2. The lowest BCUT2D eigenvalue weighted by Crippen LogP contribution is -1.99. The van der Waals surface area contributed by atoms with E-state index in [1.54, 1.807) is 24.7 Å². The monoisotopic (exact) mass is 383 g/mol. The van der Waals surface area contributed by atoms with Gasteiger partial charge in [-0.25, -0.2) is 15.0 Å². The lowest BCUT2D eigenvalue weighted by atomic mass is 9.96. The van der Waals surface area contributed by atoms with E-state index in [4.69, 9.17) is 5.73 Å². The van der Waals surface area contributed by atoms with Gasteiger partial charge in [0, 0.05) is 29.4 Å². The maximum Gasteiger partial charge on any atom is 0.228 e. The molecular formula is C22H21N7. The molecule has 4 N–H and O–H groups in total. The molecule has 0 aliphatic heterocycles. The van der Waals surface area contributed by atoms with Crippen LogP contribution in [0.3, 0.4) is 0 Å². The van der Waals surface area contributed by atoms with E-state index in [1.807, 2.05) is 24.3 Å². The first-order chi connectivity index (χ1) is 13.9. The smallest absolute Gasteiger partial charge is 0.228 e. The summed E-state index contributed by atoms with van der Waals surface area (Å²) in [5, 5.41) is 11.1. The van der Waals surface area contributed by atoms with Crippen LogP contribution in [-0.4, -0.2) is 25.1 Å². The fourth-order valence-electron chi connectivity index (χ4n) is 2.82. The molecule has 4 aromatic rings. The van der Waals surface area contributed by atoms with Gasteiger partial charge >= 0.3 is 0 Å². The molecule has 3 aromatic heterocycles. The highest BCUT2D eigenvalue weighted by Crippen LogP contribution is 2.30. The van der Waals surface area contributed by atoms with Gasteiger partial charge in [0.25, 0.3) is 0 Å². The normalized spacial score (nSPS) is 11.1. The summed E-state index contributed by atoms with van der Waals surface area (Å²) in [5.41, 5.74) is 9.60. The number of rotatable bonds is 3. The molecule has 0 saturated heterocycles. The number of anilines is 3. The lowest BCUT2D eigenvalue weighted by Gasteiger charge is -2.09. The van der Waals surface area contributed by atoms with Gasteiger partial charge in [0.05, 0.1) is 11.1 Å². The van der Waals surface area contributed by atoms with Crippen molar-refractivity contribution in [2.45, 2.75) is 20.8 Å². The minimum atomic E-state index is -0.114. The minimum Gasteiger partial charge on any atom is -0.382 e. The zero-order valence-electron chi connectivity index (χ0n) is 16.5. The van der Waals surface area contributed by atoms with Crippen LogP contribution in [0.2, 0.25) is 0 Å². The predicted molar refractivity (Wildman–Crippen MR) is 115 cm³/mol. The summed E-state index contributed by atoms with van der Waals surface area (Å²) in [7, 11) is 0. The Morgan fingerprint density at radius 2 is 1.79 bits per heavy atom. The number of benzene rings is 1. The Morgan fingerprint density at radius 1 is 1.00 bits per heavy atom. The number of nitrogens with two attached hydrogens (primary N) is 1. The van der Waals surface area contributed by atoms with E-state index in [0.717, 1.165) is 27.6 Å². The van der Waals surface area contributed by atoms with Gasteiger partial charge in [-0.05, 0) is 62.2 Å². The van der Waals surface area contributed by atoms with Gasteiger partial charge < -0.3 is 11.1 Å². The molecule has 29 heavy (non-hydrogen) atoms. The molecule has 0 unspecified atom stereocenters. The first kappa shape index (κ1) is 18.4. The van der Waals surface area contributed by atoms with Crippen LogP contribution in [0.25, 0.3) is 22.0 Å². The fraction of sp³-hybridized carbons (Fsp3) is 0.182. The van der Waals surface area contributed by atoms with Crippen LogP contribution in [-0.2, 0) is 0 Å². The largest absolute Gasteiger partial charge is 0.382 e. The highest BCUT2D eigenvalue weighted by molar-refractivity contribution is 5.96. The molecule has 0 amide bonds. The van der Waals surface area contributed by atoms with E-state index in [2.05, 4.69) is 63.1 Å². The summed E-state index contributed by atoms with van der Waals surface area (Å²) in [5.74, 6) is 8.15. The molecular weight excluding hydrogens is 362 g/mol. The SMILES string of the molecule is CC(C)(C)C#Cc1cc(-c2ccnc(Nc3ncccn3)c2)cc2c(N)n[nH]c12. The van der Waals surface area contributed by atoms with Gasteiger partial charge in [-0.15, -0.1) is 0 Å². The Morgan fingerprint density at radius 3 is 2.55 bits per heavy atom. The average Bonchev–Trinajstić information content (AvgIpc) is 3.07. The van der Waals surface area contributed by atoms with E-state index >= 15 is 0 Å². The zero-order valence-corrected chi connectivity index (χ0v) is 16.5. The number of nitrogens with zero attached hydrogens (tertiary/aromatic N) is 4. The third-order valence-corrected chi connectivity index (χ3v) is 4.17. The quantitative estimate of drug-likeness (QED) is 0.459. The van der Waals surface area contributed by atoms with Crippen LogP contribution >= 0.6 is 0 Å². The van der Waals surface area contributed by atoms with Crippen LogP contribution in [0, 0.1) is 17.3 Å². The zero-order chi connectivity index (χ0) is 20.4. The van der Waals surface area contributed by atoms with Crippen LogP contribution in [0.4, 0.5) is 17.6 Å². The average molecular weight is 383 g/mol. The van der Waals surface area contributed by atoms with E-state index in [9.17, 15) is 0 Å². The van der Waals surface area contributed by atoms with Gasteiger partial charge in [-0.3, -0.25) is 5.10 Å². The third kappa shape index (κ3) is 4.17. The minimum absolute atomic E-state index is 0.114. The van der Waals surface area contributed by atoms with Gasteiger partial charge in [0.2, 0.25) is 5.95 Å². The highest BCUT2D eigenvalue weighted by atomic mass is 15.2. The maximum absolute atomic E-state index is 6.07. The Hall–Kier alpha value is -3.92. The molecule has 0 radical (unpaired) electrons. The second-order valence-electron chi connectivity index (χ2n) is 7.68. The number of hydrogen-bond donors (Lipinski definition) is 3. The topological polar surface area (TPSA) is 105 Å². The van der Waals surface area contributed by atoms with E-state index in [0.29, 0.717) is 17.6 Å². The van der Waals surface area contributed by atoms with E-state index in [-0.39, 0.29) is 5.41 Å². The Labute approximate surface area is 168 Å². The van der Waals surface area contributed by atoms with Crippen LogP contribution < -0.4 is 11.1 Å². The number of H-pyrrole nitrogens is 1. The lowest BCUT2D eigenvalue weighted by molar-refractivity contribution is 0.571. The van der Waals surface area contributed by atoms with Crippen molar-refractivity contribution < 1.29 is 0 Å². The second-order valence-corrected chi connectivity index (χ2v) is 7.68. The van der Waals surface area contributed by atoms with Crippen molar-refractivity contribution >= 4 is 28.5 Å². The van der Waals surface area contributed by atoms with Gasteiger partial charge in [-0.1, -0.05) is 11.8 Å². The molecule has 4 rings (SSSR count). The highest BCUT2D eigenvalue weighted by Gasteiger charge is 2.12. The molecule has 3 heterocycles. The molecule has 1 aromatic carbocycles. The number of pyridine rings is 1. The summed E-state index contributed by atoms with van der Waals surface area (Å²) < 4.78 is 0. The molecule has 0 aliphatic carbocycles. The number of aromatic amines is 1. The van der Waals surface area contributed by atoms with Gasteiger partial charge in [0.1, 0.15) is 5.82 Å².